The van der Waals surface area contributed by atoms with Gasteiger partial charge in [0.05, 0.1) is 0 Å². The van der Waals surface area contributed by atoms with Crippen molar-refractivity contribution in [3.8, 4) is 0 Å². The maximum Gasteiger partial charge on any atom is 0.130 e. The second-order valence-corrected chi connectivity index (χ2v) is 5.66. The van der Waals surface area contributed by atoms with Gasteiger partial charge in [-0.15, -0.1) is 0 Å². The number of aryl methyl sites for hydroxylation is 3. The molecule has 112 valence electrons. The Kier molecular flexibility index (Phi) is 4.73. The zero-order valence-corrected chi connectivity index (χ0v) is 12.9. The largest absolute Gasteiger partial charge is 0.313 e. The van der Waals surface area contributed by atoms with Crippen LogP contribution in [-0.4, -0.2) is 7.05 Å². The molecule has 2 aromatic carbocycles. The van der Waals surface area contributed by atoms with Crippen LogP contribution in [0.25, 0.3) is 0 Å². The van der Waals surface area contributed by atoms with E-state index in [4.69, 9.17) is 0 Å². The molecule has 2 aromatic rings. The lowest BCUT2D eigenvalue weighted by molar-refractivity contribution is 0.519. The minimum absolute atomic E-state index is 0.175. The van der Waals surface area contributed by atoms with E-state index < -0.39 is 11.6 Å². The van der Waals surface area contributed by atoms with E-state index in [1.165, 1.54) is 11.1 Å². The Morgan fingerprint density at radius 1 is 0.905 bits per heavy atom. The molecular formula is C18H21F2N. The highest BCUT2D eigenvalue weighted by Gasteiger charge is 2.17. The van der Waals surface area contributed by atoms with Crippen LogP contribution in [0.5, 0.6) is 0 Å². The molecular weight excluding hydrogens is 268 g/mol. The van der Waals surface area contributed by atoms with Crippen LogP contribution in [0, 0.1) is 32.4 Å². The maximum absolute atomic E-state index is 14.0. The van der Waals surface area contributed by atoms with E-state index in [1.807, 2.05) is 13.8 Å². The number of hydrogen-bond donors (Lipinski definition) is 1. The molecule has 1 N–H and O–H groups in total. The third kappa shape index (κ3) is 3.67. The maximum atomic E-state index is 14.0. The van der Waals surface area contributed by atoms with Gasteiger partial charge in [-0.3, -0.25) is 0 Å². The quantitative estimate of drug-likeness (QED) is 0.880. The van der Waals surface area contributed by atoms with Crippen LogP contribution in [0.4, 0.5) is 8.78 Å². The Morgan fingerprint density at radius 3 is 2.10 bits per heavy atom. The van der Waals surface area contributed by atoms with Crippen LogP contribution in [0.3, 0.4) is 0 Å². The second-order valence-electron chi connectivity index (χ2n) is 5.66. The van der Waals surface area contributed by atoms with Crippen molar-refractivity contribution in [3.63, 3.8) is 0 Å². The molecule has 21 heavy (non-hydrogen) atoms. The van der Waals surface area contributed by atoms with Crippen molar-refractivity contribution < 1.29 is 8.78 Å². The standard InChI is InChI=1S/C18H21F2N/c1-11-5-12(2)7-14(6-11)9-18(21-4)15-8-13(3)16(19)10-17(15)20/h5-8,10,18,21H,9H2,1-4H3. The van der Waals surface area contributed by atoms with Crippen molar-refractivity contribution in [3.05, 3.63) is 69.8 Å². The molecule has 0 bridgehead atoms. The van der Waals surface area contributed by atoms with E-state index in [-0.39, 0.29) is 6.04 Å². The average Bonchev–Trinajstić information content (AvgIpc) is 2.39. The van der Waals surface area contributed by atoms with Crippen molar-refractivity contribution in [2.24, 2.45) is 0 Å². The first kappa shape index (κ1) is 15.6. The van der Waals surface area contributed by atoms with Gasteiger partial charge in [0.15, 0.2) is 0 Å². The molecule has 0 saturated heterocycles. The number of halogens is 2. The summed E-state index contributed by atoms with van der Waals surface area (Å²) in [7, 11) is 1.80. The van der Waals surface area contributed by atoms with Crippen molar-refractivity contribution in [2.45, 2.75) is 33.2 Å². The van der Waals surface area contributed by atoms with Crippen LogP contribution in [-0.2, 0) is 6.42 Å². The normalized spacial score (nSPS) is 12.5. The van der Waals surface area contributed by atoms with E-state index in [9.17, 15) is 8.78 Å². The van der Waals surface area contributed by atoms with Gasteiger partial charge in [0.25, 0.3) is 0 Å². The SMILES string of the molecule is CNC(Cc1cc(C)cc(C)c1)c1cc(C)c(F)cc1F. The van der Waals surface area contributed by atoms with Gasteiger partial charge in [-0.1, -0.05) is 29.3 Å². The topological polar surface area (TPSA) is 12.0 Å². The molecule has 0 heterocycles. The molecule has 3 heteroatoms. The van der Waals surface area contributed by atoms with E-state index >= 15 is 0 Å². The molecule has 0 aliphatic heterocycles. The summed E-state index contributed by atoms with van der Waals surface area (Å²) in [6, 6.07) is 8.70. The molecule has 2 rings (SSSR count). The number of rotatable bonds is 4. The fourth-order valence-corrected chi connectivity index (χ4v) is 2.74. The summed E-state index contributed by atoms with van der Waals surface area (Å²) < 4.78 is 27.4. The van der Waals surface area contributed by atoms with E-state index in [2.05, 4.69) is 23.5 Å². The molecule has 0 aliphatic rings. The predicted octanol–water partition coefficient (Wildman–Crippen LogP) is 4.39. The smallest absolute Gasteiger partial charge is 0.130 e. The van der Waals surface area contributed by atoms with Gasteiger partial charge < -0.3 is 5.32 Å². The third-order valence-corrected chi connectivity index (χ3v) is 3.72. The van der Waals surface area contributed by atoms with Crippen LogP contribution in [0.1, 0.15) is 33.9 Å². The van der Waals surface area contributed by atoms with Gasteiger partial charge in [-0.2, -0.15) is 0 Å². The molecule has 1 unspecified atom stereocenters. The fourth-order valence-electron chi connectivity index (χ4n) is 2.74. The third-order valence-electron chi connectivity index (χ3n) is 3.72. The molecule has 0 aliphatic carbocycles. The summed E-state index contributed by atoms with van der Waals surface area (Å²) in [6.45, 7) is 5.75. The number of nitrogens with one attached hydrogen (secondary N) is 1. The average molecular weight is 289 g/mol. The molecule has 0 fully saturated rings. The molecule has 0 radical (unpaired) electrons. The molecule has 0 amide bonds. The lowest BCUT2D eigenvalue weighted by atomic mass is 9.95. The zero-order valence-electron chi connectivity index (χ0n) is 12.9. The summed E-state index contributed by atoms with van der Waals surface area (Å²) in [5.74, 6) is -1.00. The van der Waals surface area contributed by atoms with E-state index in [0.717, 1.165) is 11.6 Å². The Bertz CT molecular complexity index is 630. The Labute approximate surface area is 125 Å². The summed E-state index contributed by atoms with van der Waals surface area (Å²) in [5.41, 5.74) is 4.50. The van der Waals surface area contributed by atoms with Gasteiger partial charge in [0.2, 0.25) is 0 Å². The lowest BCUT2D eigenvalue weighted by Gasteiger charge is -2.19. The van der Waals surface area contributed by atoms with Gasteiger partial charge in [0, 0.05) is 17.7 Å². The predicted molar refractivity (Wildman–Crippen MR) is 82.5 cm³/mol. The summed E-state index contributed by atoms with van der Waals surface area (Å²) in [6.07, 6.45) is 0.668. The van der Waals surface area contributed by atoms with Crippen LogP contribution in [0.2, 0.25) is 0 Å². The molecule has 1 nitrogen and oxygen atoms in total. The van der Waals surface area contributed by atoms with Crippen molar-refractivity contribution in [1.29, 1.82) is 0 Å². The first-order valence-electron chi connectivity index (χ1n) is 7.10. The monoisotopic (exact) mass is 289 g/mol. The summed E-state index contributed by atoms with van der Waals surface area (Å²) in [5, 5.41) is 3.13. The lowest BCUT2D eigenvalue weighted by Crippen LogP contribution is -2.20. The van der Waals surface area contributed by atoms with Crippen LogP contribution >= 0.6 is 0 Å². The highest BCUT2D eigenvalue weighted by Crippen LogP contribution is 2.24. The van der Waals surface area contributed by atoms with Gasteiger partial charge >= 0.3 is 0 Å². The summed E-state index contributed by atoms with van der Waals surface area (Å²) >= 11 is 0. The number of benzene rings is 2. The minimum atomic E-state index is -0.502. The second kappa shape index (κ2) is 6.35. The molecule has 0 aromatic heterocycles. The van der Waals surface area contributed by atoms with Crippen molar-refractivity contribution in [2.75, 3.05) is 7.05 Å². The summed E-state index contributed by atoms with van der Waals surface area (Å²) in [4.78, 5) is 0. The van der Waals surface area contributed by atoms with Gasteiger partial charge in [-0.25, -0.2) is 8.78 Å². The van der Waals surface area contributed by atoms with Crippen molar-refractivity contribution in [1.82, 2.24) is 5.32 Å². The van der Waals surface area contributed by atoms with Crippen LogP contribution in [0.15, 0.2) is 30.3 Å². The van der Waals surface area contributed by atoms with Crippen LogP contribution < -0.4 is 5.32 Å². The first-order chi connectivity index (χ1) is 9.90. The fraction of sp³-hybridized carbons (Fsp3) is 0.333. The highest BCUT2D eigenvalue weighted by atomic mass is 19.1. The van der Waals surface area contributed by atoms with Gasteiger partial charge in [-0.05, 0) is 51.4 Å². The zero-order chi connectivity index (χ0) is 15.6. The Hall–Kier alpha value is -1.74. The van der Waals surface area contributed by atoms with E-state index in [0.29, 0.717) is 17.5 Å². The highest BCUT2D eigenvalue weighted by molar-refractivity contribution is 5.33. The van der Waals surface area contributed by atoms with Gasteiger partial charge in [0.1, 0.15) is 11.6 Å². The molecule has 0 spiro atoms. The number of likely N-dealkylation sites (N-methyl/N-ethyl adjacent to an activating group) is 1. The molecule has 0 saturated carbocycles. The minimum Gasteiger partial charge on any atom is -0.313 e. The van der Waals surface area contributed by atoms with E-state index in [1.54, 1.807) is 20.0 Å². The molecule has 1 atom stereocenters. The number of hydrogen-bond acceptors (Lipinski definition) is 1. The first-order valence-corrected chi connectivity index (χ1v) is 7.10. The Balaban J connectivity index is 2.34. The van der Waals surface area contributed by atoms with Crippen molar-refractivity contribution >= 4 is 0 Å². The Morgan fingerprint density at radius 2 is 1.52 bits per heavy atom.